The minimum Gasteiger partial charge on any atom is -0.508 e. The average molecular weight is 193 g/mol. The van der Waals surface area contributed by atoms with E-state index >= 15 is 0 Å². The van der Waals surface area contributed by atoms with E-state index in [-0.39, 0.29) is 11.8 Å². The van der Waals surface area contributed by atoms with Crippen molar-refractivity contribution in [3.05, 3.63) is 29.8 Å². The van der Waals surface area contributed by atoms with Gasteiger partial charge < -0.3 is 15.9 Å². The first-order valence-electron chi connectivity index (χ1n) is 4.91. The molecular formula is C11H15NO2. The molecule has 76 valence electrons. The van der Waals surface area contributed by atoms with Crippen LogP contribution in [0.1, 0.15) is 24.4 Å². The zero-order valence-electron chi connectivity index (χ0n) is 7.93. The van der Waals surface area contributed by atoms with Crippen molar-refractivity contribution in [3.63, 3.8) is 0 Å². The third kappa shape index (κ3) is 1.89. The first-order valence-corrected chi connectivity index (χ1v) is 4.91. The van der Waals surface area contributed by atoms with E-state index in [0.29, 0.717) is 5.92 Å². The Morgan fingerprint density at radius 3 is 2.29 bits per heavy atom. The highest BCUT2D eigenvalue weighted by Crippen LogP contribution is 2.37. The van der Waals surface area contributed by atoms with Gasteiger partial charge in [0.25, 0.3) is 0 Å². The van der Waals surface area contributed by atoms with Gasteiger partial charge in [-0.05, 0) is 36.5 Å². The van der Waals surface area contributed by atoms with Gasteiger partial charge in [-0.25, -0.2) is 0 Å². The number of hydrogen-bond acceptors (Lipinski definition) is 3. The molecule has 0 spiro atoms. The normalized spacial score (nSPS) is 20.4. The molecule has 14 heavy (non-hydrogen) atoms. The molecule has 0 aliphatic heterocycles. The number of phenolic OH excluding ortho intramolecular Hbond substituents is 1. The second kappa shape index (κ2) is 3.59. The van der Waals surface area contributed by atoms with Crippen molar-refractivity contribution in [2.75, 3.05) is 0 Å². The molecule has 2 rings (SSSR count). The number of nitrogens with two attached hydrogens (primary N) is 1. The second-order valence-corrected chi connectivity index (χ2v) is 3.95. The topological polar surface area (TPSA) is 66.5 Å². The van der Waals surface area contributed by atoms with E-state index in [1.165, 1.54) is 0 Å². The molecule has 2 unspecified atom stereocenters. The van der Waals surface area contributed by atoms with E-state index in [0.717, 1.165) is 18.4 Å². The SMILES string of the molecule is NC(c1ccc(O)cc1)C(O)C1CC1. The molecule has 1 fully saturated rings. The molecule has 0 radical (unpaired) electrons. The number of phenols is 1. The van der Waals surface area contributed by atoms with Crippen LogP contribution in [0.2, 0.25) is 0 Å². The molecule has 1 aliphatic rings. The summed E-state index contributed by atoms with van der Waals surface area (Å²) in [4.78, 5) is 0. The Balaban J connectivity index is 2.09. The fourth-order valence-electron chi connectivity index (χ4n) is 1.62. The molecule has 3 nitrogen and oxygen atoms in total. The molecule has 1 aromatic carbocycles. The van der Waals surface area contributed by atoms with Crippen molar-refractivity contribution in [2.24, 2.45) is 11.7 Å². The number of rotatable bonds is 3. The van der Waals surface area contributed by atoms with Crippen LogP contribution in [0.25, 0.3) is 0 Å². The lowest BCUT2D eigenvalue weighted by Gasteiger charge is -2.18. The van der Waals surface area contributed by atoms with Crippen LogP contribution in [0.5, 0.6) is 5.75 Å². The fourth-order valence-corrected chi connectivity index (χ4v) is 1.62. The highest BCUT2D eigenvalue weighted by molar-refractivity contribution is 5.28. The summed E-state index contributed by atoms with van der Waals surface area (Å²) >= 11 is 0. The first-order chi connectivity index (χ1) is 6.68. The quantitative estimate of drug-likeness (QED) is 0.675. The summed E-state index contributed by atoms with van der Waals surface area (Å²) in [5, 5.41) is 18.9. The zero-order valence-corrected chi connectivity index (χ0v) is 7.93. The van der Waals surface area contributed by atoms with Crippen LogP contribution in [0.3, 0.4) is 0 Å². The van der Waals surface area contributed by atoms with Gasteiger partial charge in [0.15, 0.2) is 0 Å². The Kier molecular flexibility index (Phi) is 2.44. The Morgan fingerprint density at radius 2 is 1.79 bits per heavy atom. The molecule has 0 amide bonds. The van der Waals surface area contributed by atoms with Crippen molar-refractivity contribution in [1.82, 2.24) is 0 Å². The molecule has 1 aliphatic carbocycles. The molecule has 0 heterocycles. The molecular weight excluding hydrogens is 178 g/mol. The number of aliphatic hydroxyl groups excluding tert-OH is 1. The van der Waals surface area contributed by atoms with Gasteiger partial charge in [0.1, 0.15) is 5.75 Å². The number of aliphatic hydroxyl groups is 1. The van der Waals surface area contributed by atoms with Crippen LogP contribution in [-0.2, 0) is 0 Å². The summed E-state index contributed by atoms with van der Waals surface area (Å²) in [6.07, 6.45) is 1.71. The van der Waals surface area contributed by atoms with Crippen molar-refractivity contribution in [2.45, 2.75) is 25.0 Å². The maximum atomic E-state index is 9.79. The molecule has 1 aromatic rings. The number of benzene rings is 1. The molecule has 2 atom stereocenters. The highest BCUT2D eigenvalue weighted by Gasteiger charge is 2.34. The minimum atomic E-state index is -0.445. The lowest BCUT2D eigenvalue weighted by molar-refractivity contribution is 0.122. The fraction of sp³-hybridized carbons (Fsp3) is 0.455. The minimum absolute atomic E-state index is 0.224. The summed E-state index contributed by atoms with van der Waals surface area (Å²) in [5.74, 6) is 0.598. The van der Waals surface area contributed by atoms with Crippen molar-refractivity contribution >= 4 is 0 Å². The van der Waals surface area contributed by atoms with Gasteiger partial charge in [-0.15, -0.1) is 0 Å². The van der Waals surface area contributed by atoms with Crippen LogP contribution in [0, 0.1) is 5.92 Å². The molecule has 0 aromatic heterocycles. The lowest BCUT2D eigenvalue weighted by atomic mass is 9.99. The van der Waals surface area contributed by atoms with Crippen LogP contribution in [0.4, 0.5) is 0 Å². The van der Waals surface area contributed by atoms with E-state index in [9.17, 15) is 5.11 Å². The maximum Gasteiger partial charge on any atom is 0.115 e. The van der Waals surface area contributed by atoms with Gasteiger partial charge in [0.05, 0.1) is 12.1 Å². The third-order valence-corrected chi connectivity index (χ3v) is 2.75. The van der Waals surface area contributed by atoms with Gasteiger partial charge in [0.2, 0.25) is 0 Å². The molecule has 0 saturated heterocycles. The van der Waals surface area contributed by atoms with E-state index in [1.807, 2.05) is 0 Å². The van der Waals surface area contributed by atoms with Crippen LogP contribution in [0.15, 0.2) is 24.3 Å². The average Bonchev–Trinajstić information content (AvgIpc) is 3.00. The summed E-state index contributed by atoms with van der Waals surface area (Å²) in [5.41, 5.74) is 6.77. The molecule has 0 bridgehead atoms. The first kappa shape index (κ1) is 9.49. The van der Waals surface area contributed by atoms with E-state index in [1.54, 1.807) is 24.3 Å². The Hall–Kier alpha value is -1.06. The van der Waals surface area contributed by atoms with Crippen LogP contribution in [-0.4, -0.2) is 16.3 Å². The van der Waals surface area contributed by atoms with Gasteiger partial charge in [-0.3, -0.25) is 0 Å². The molecule has 4 N–H and O–H groups in total. The van der Waals surface area contributed by atoms with Crippen LogP contribution >= 0.6 is 0 Å². The van der Waals surface area contributed by atoms with Crippen LogP contribution < -0.4 is 5.73 Å². The monoisotopic (exact) mass is 193 g/mol. The summed E-state index contributed by atoms with van der Waals surface area (Å²) in [6, 6.07) is 6.36. The standard InChI is InChI=1S/C11H15NO2/c12-10(11(14)8-1-2-8)7-3-5-9(13)6-4-7/h3-6,8,10-11,13-14H,1-2,12H2. The number of aromatic hydroxyl groups is 1. The van der Waals surface area contributed by atoms with Gasteiger partial charge in [-0.2, -0.15) is 0 Å². The smallest absolute Gasteiger partial charge is 0.115 e. The molecule has 3 heteroatoms. The van der Waals surface area contributed by atoms with Crippen molar-refractivity contribution < 1.29 is 10.2 Å². The Labute approximate surface area is 83.2 Å². The Bertz CT molecular complexity index is 306. The van der Waals surface area contributed by atoms with Gasteiger partial charge in [-0.1, -0.05) is 12.1 Å². The Morgan fingerprint density at radius 1 is 1.21 bits per heavy atom. The predicted octanol–water partition coefficient (Wildman–Crippen LogP) is 1.16. The van der Waals surface area contributed by atoms with Gasteiger partial charge >= 0.3 is 0 Å². The molecule has 1 saturated carbocycles. The number of hydrogen-bond donors (Lipinski definition) is 3. The lowest BCUT2D eigenvalue weighted by Crippen LogP contribution is -2.27. The zero-order chi connectivity index (χ0) is 10.1. The summed E-state index contributed by atoms with van der Waals surface area (Å²) in [6.45, 7) is 0. The highest BCUT2D eigenvalue weighted by atomic mass is 16.3. The summed E-state index contributed by atoms with van der Waals surface area (Å²) < 4.78 is 0. The van der Waals surface area contributed by atoms with Crippen molar-refractivity contribution in [1.29, 1.82) is 0 Å². The predicted molar refractivity (Wildman–Crippen MR) is 53.8 cm³/mol. The largest absolute Gasteiger partial charge is 0.508 e. The van der Waals surface area contributed by atoms with E-state index in [4.69, 9.17) is 10.8 Å². The van der Waals surface area contributed by atoms with E-state index in [2.05, 4.69) is 0 Å². The van der Waals surface area contributed by atoms with Gasteiger partial charge in [0, 0.05) is 0 Å². The van der Waals surface area contributed by atoms with E-state index < -0.39 is 6.10 Å². The maximum absolute atomic E-state index is 9.79. The second-order valence-electron chi connectivity index (χ2n) is 3.95. The third-order valence-electron chi connectivity index (χ3n) is 2.75. The summed E-state index contributed by atoms with van der Waals surface area (Å²) in [7, 11) is 0. The van der Waals surface area contributed by atoms with Crippen molar-refractivity contribution in [3.8, 4) is 5.75 Å².